The van der Waals surface area contributed by atoms with Crippen molar-refractivity contribution in [2.24, 2.45) is 5.92 Å². The first kappa shape index (κ1) is 25.4. The van der Waals surface area contributed by atoms with Gasteiger partial charge >= 0.3 is 5.97 Å². The minimum atomic E-state index is -0.479. The lowest BCUT2D eigenvalue weighted by Crippen LogP contribution is -2.28. The van der Waals surface area contributed by atoms with Gasteiger partial charge in [-0.15, -0.1) is 0 Å². The number of fused-ring (bicyclic) bond motifs is 1. The Labute approximate surface area is 200 Å². The standard InChI is InChI=1S/C25H34N4O5/c1-4-29-22-20(10-6-12-33-13-7-11-27-24(22)31)21(28-29)14-17(2)16-34-25(32)19-9-5-8-18(15-19)23(30)26-3/h5,8-9,15,17H,4,6-7,10-14,16H2,1-3H3,(H,26,30)(H,27,31)/t17-/m1/s1. The van der Waals surface area contributed by atoms with Crippen LogP contribution in [0.2, 0.25) is 0 Å². The van der Waals surface area contributed by atoms with Crippen molar-refractivity contribution in [3.63, 3.8) is 0 Å². The number of nitrogens with one attached hydrogen (secondary N) is 2. The van der Waals surface area contributed by atoms with Gasteiger partial charge < -0.3 is 20.1 Å². The van der Waals surface area contributed by atoms with Crippen molar-refractivity contribution < 1.29 is 23.9 Å². The molecule has 1 aliphatic rings. The number of aromatic nitrogens is 2. The van der Waals surface area contributed by atoms with Crippen molar-refractivity contribution in [1.82, 2.24) is 20.4 Å². The average molecular weight is 471 g/mol. The third kappa shape index (κ3) is 6.44. The smallest absolute Gasteiger partial charge is 0.338 e. The maximum absolute atomic E-state index is 12.9. The Morgan fingerprint density at radius 3 is 2.79 bits per heavy atom. The van der Waals surface area contributed by atoms with Gasteiger partial charge in [-0.25, -0.2) is 4.79 Å². The van der Waals surface area contributed by atoms with E-state index in [-0.39, 0.29) is 24.3 Å². The molecule has 2 amide bonds. The molecule has 0 saturated carbocycles. The number of carbonyl (C=O) groups excluding carboxylic acids is 3. The SMILES string of the molecule is CCn1nc(C[C@@H](C)COC(=O)c2cccc(C(=O)NC)c2)c2c1C(=O)NCCCOCCC2. The minimum absolute atomic E-state index is 0.00660. The van der Waals surface area contributed by atoms with Gasteiger partial charge in [0.05, 0.1) is 17.9 Å². The Morgan fingerprint density at radius 1 is 1.26 bits per heavy atom. The van der Waals surface area contributed by atoms with E-state index in [1.54, 1.807) is 29.9 Å². The summed E-state index contributed by atoms with van der Waals surface area (Å²) in [6, 6.07) is 6.44. The molecule has 1 aliphatic heterocycles. The predicted molar refractivity (Wildman–Crippen MR) is 127 cm³/mol. The molecule has 9 nitrogen and oxygen atoms in total. The van der Waals surface area contributed by atoms with Crippen LogP contribution in [0.15, 0.2) is 24.3 Å². The molecule has 2 heterocycles. The van der Waals surface area contributed by atoms with Crippen LogP contribution in [0.5, 0.6) is 0 Å². The number of rotatable bonds is 7. The van der Waals surface area contributed by atoms with Crippen molar-refractivity contribution in [3.8, 4) is 0 Å². The van der Waals surface area contributed by atoms with E-state index in [0.717, 1.165) is 24.1 Å². The molecule has 34 heavy (non-hydrogen) atoms. The second-order valence-electron chi connectivity index (χ2n) is 8.48. The lowest BCUT2D eigenvalue weighted by molar-refractivity contribution is 0.0448. The molecule has 1 atom stereocenters. The first-order valence-corrected chi connectivity index (χ1v) is 11.9. The predicted octanol–water partition coefficient (Wildman–Crippen LogP) is 2.38. The summed E-state index contributed by atoms with van der Waals surface area (Å²) in [7, 11) is 1.54. The molecule has 0 aliphatic carbocycles. The average Bonchev–Trinajstić information content (AvgIpc) is 3.18. The molecule has 184 valence electrons. The largest absolute Gasteiger partial charge is 0.462 e. The van der Waals surface area contributed by atoms with E-state index in [1.807, 2.05) is 13.8 Å². The highest BCUT2D eigenvalue weighted by Crippen LogP contribution is 2.21. The molecule has 0 saturated heterocycles. The number of carbonyl (C=O) groups is 3. The number of esters is 1. The molecular formula is C25H34N4O5. The van der Waals surface area contributed by atoms with Crippen LogP contribution in [0.3, 0.4) is 0 Å². The Hall–Kier alpha value is -3.20. The van der Waals surface area contributed by atoms with Crippen LogP contribution < -0.4 is 10.6 Å². The van der Waals surface area contributed by atoms with Crippen molar-refractivity contribution in [1.29, 1.82) is 0 Å². The fraction of sp³-hybridized carbons (Fsp3) is 0.520. The Bertz CT molecular complexity index is 1020. The van der Waals surface area contributed by atoms with Gasteiger partial charge in [-0.05, 0) is 56.7 Å². The molecule has 3 rings (SSSR count). The summed E-state index contributed by atoms with van der Waals surface area (Å²) in [5.74, 6) is -0.851. The van der Waals surface area contributed by atoms with E-state index in [9.17, 15) is 14.4 Å². The molecular weight excluding hydrogens is 436 g/mol. The van der Waals surface area contributed by atoms with Crippen LogP contribution in [0.25, 0.3) is 0 Å². The van der Waals surface area contributed by atoms with Crippen molar-refractivity contribution in [3.05, 3.63) is 52.3 Å². The highest BCUT2D eigenvalue weighted by atomic mass is 16.5. The zero-order valence-electron chi connectivity index (χ0n) is 20.2. The second-order valence-corrected chi connectivity index (χ2v) is 8.48. The molecule has 0 bridgehead atoms. The van der Waals surface area contributed by atoms with Gasteiger partial charge in [-0.2, -0.15) is 5.10 Å². The molecule has 0 radical (unpaired) electrons. The molecule has 0 spiro atoms. The summed E-state index contributed by atoms with van der Waals surface area (Å²) in [5, 5.41) is 10.2. The van der Waals surface area contributed by atoms with Crippen LogP contribution in [-0.4, -0.2) is 61.0 Å². The summed E-state index contributed by atoms with van der Waals surface area (Å²) < 4.78 is 12.9. The van der Waals surface area contributed by atoms with Gasteiger partial charge in [0.2, 0.25) is 0 Å². The number of benzene rings is 1. The Balaban J connectivity index is 1.69. The molecule has 1 aromatic heterocycles. The first-order chi connectivity index (χ1) is 16.4. The van der Waals surface area contributed by atoms with E-state index >= 15 is 0 Å². The van der Waals surface area contributed by atoms with E-state index in [1.165, 1.54) is 6.07 Å². The van der Waals surface area contributed by atoms with E-state index < -0.39 is 5.97 Å². The van der Waals surface area contributed by atoms with Gasteiger partial charge in [-0.1, -0.05) is 13.0 Å². The van der Waals surface area contributed by atoms with Gasteiger partial charge in [0.25, 0.3) is 11.8 Å². The normalized spacial score (nSPS) is 15.4. The summed E-state index contributed by atoms with van der Waals surface area (Å²) in [4.78, 5) is 37.2. The number of hydrogen-bond acceptors (Lipinski definition) is 6. The second kappa shape index (κ2) is 12.3. The third-order valence-corrected chi connectivity index (χ3v) is 5.74. The van der Waals surface area contributed by atoms with E-state index in [4.69, 9.17) is 14.6 Å². The Morgan fingerprint density at radius 2 is 2.03 bits per heavy atom. The summed E-state index contributed by atoms with van der Waals surface area (Å²) in [6.07, 6.45) is 2.88. The van der Waals surface area contributed by atoms with Gasteiger partial charge in [0.1, 0.15) is 5.69 Å². The molecule has 2 N–H and O–H groups in total. The van der Waals surface area contributed by atoms with Crippen LogP contribution >= 0.6 is 0 Å². The zero-order valence-corrected chi connectivity index (χ0v) is 20.2. The third-order valence-electron chi connectivity index (χ3n) is 5.74. The molecule has 2 aromatic rings. The van der Waals surface area contributed by atoms with E-state index in [2.05, 4.69) is 10.6 Å². The highest BCUT2D eigenvalue weighted by molar-refractivity contribution is 5.97. The molecule has 1 aromatic carbocycles. The molecule has 9 heteroatoms. The lowest BCUT2D eigenvalue weighted by Gasteiger charge is -2.13. The molecule has 0 unspecified atom stereocenters. The summed E-state index contributed by atoms with van der Waals surface area (Å²) in [6.45, 7) is 6.60. The van der Waals surface area contributed by atoms with E-state index in [0.29, 0.717) is 56.0 Å². The minimum Gasteiger partial charge on any atom is -0.462 e. The maximum Gasteiger partial charge on any atom is 0.338 e. The first-order valence-electron chi connectivity index (χ1n) is 11.9. The van der Waals surface area contributed by atoms with Crippen LogP contribution in [0, 0.1) is 5.92 Å². The lowest BCUT2D eigenvalue weighted by atomic mass is 9.99. The Kier molecular flexibility index (Phi) is 9.21. The number of amides is 2. The van der Waals surface area contributed by atoms with Crippen LogP contribution in [0.4, 0.5) is 0 Å². The van der Waals surface area contributed by atoms with Crippen molar-refractivity contribution in [2.45, 2.75) is 46.1 Å². The van der Waals surface area contributed by atoms with Crippen LogP contribution in [-0.2, 0) is 28.9 Å². The quantitative estimate of drug-likeness (QED) is 0.601. The van der Waals surface area contributed by atoms with Gasteiger partial charge in [-0.3, -0.25) is 14.3 Å². The summed E-state index contributed by atoms with van der Waals surface area (Å²) >= 11 is 0. The molecule has 0 fully saturated rings. The number of nitrogens with zero attached hydrogens (tertiary/aromatic N) is 2. The maximum atomic E-state index is 12.9. The number of hydrogen-bond donors (Lipinski definition) is 2. The zero-order chi connectivity index (χ0) is 24.5. The van der Waals surface area contributed by atoms with Crippen molar-refractivity contribution >= 4 is 17.8 Å². The summed E-state index contributed by atoms with van der Waals surface area (Å²) in [5.41, 5.74) is 3.15. The topological polar surface area (TPSA) is 112 Å². The monoisotopic (exact) mass is 470 g/mol. The fourth-order valence-electron chi connectivity index (χ4n) is 3.99. The van der Waals surface area contributed by atoms with Gasteiger partial charge in [0.15, 0.2) is 0 Å². The fourth-order valence-corrected chi connectivity index (χ4v) is 3.99. The van der Waals surface area contributed by atoms with Gasteiger partial charge in [0, 0.05) is 44.5 Å². The number of aryl methyl sites for hydroxylation is 1. The highest BCUT2D eigenvalue weighted by Gasteiger charge is 2.24. The number of ether oxygens (including phenoxy) is 2. The van der Waals surface area contributed by atoms with Crippen molar-refractivity contribution in [2.75, 3.05) is 33.4 Å². The van der Waals surface area contributed by atoms with Crippen LogP contribution in [0.1, 0.15) is 69.2 Å².